The molecule has 22 heavy (non-hydrogen) atoms. The highest BCUT2D eigenvalue weighted by atomic mass is 16.5. The summed E-state index contributed by atoms with van der Waals surface area (Å²) in [5.41, 5.74) is 2.83. The van der Waals surface area contributed by atoms with Crippen LogP contribution in [0.2, 0.25) is 0 Å². The molecule has 3 rings (SSSR count). The summed E-state index contributed by atoms with van der Waals surface area (Å²) in [6.07, 6.45) is 4.88. The van der Waals surface area contributed by atoms with Gasteiger partial charge in [0.2, 0.25) is 5.91 Å². The summed E-state index contributed by atoms with van der Waals surface area (Å²) < 4.78 is 5.78. The van der Waals surface area contributed by atoms with Crippen LogP contribution in [0.5, 0.6) is 0 Å². The minimum atomic E-state index is -0.249. The van der Waals surface area contributed by atoms with Gasteiger partial charge in [0, 0.05) is 19.0 Å². The monoisotopic (exact) mass is 300 g/mol. The van der Waals surface area contributed by atoms with E-state index in [1.807, 2.05) is 25.1 Å². The maximum absolute atomic E-state index is 12.5. The van der Waals surface area contributed by atoms with Crippen molar-refractivity contribution in [2.45, 2.75) is 32.4 Å². The zero-order valence-electron chi connectivity index (χ0n) is 12.6. The van der Waals surface area contributed by atoms with Gasteiger partial charge in [0.05, 0.1) is 23.9 Å². The molecule has 0 unspecified atom stereocenters. The zero-order valence-corrected chi connectivity index (χ0v) is 12.6. The number of amides is 1. The standard InChI is InChI=1S/C16H20N4O2/c1-11-4-2-7-17-14(11)10-18-16(21)12-5-3-9-22-15(12)13-6-8-19-20-13/h2,4,6-8,12,15H,3,5,9-10H2,1H3,(H,18,21)(H,19,20)/t12-,15-/m1/s1. The molecule has 1 aliphatic rings. The summed E-state index contributed by atoms with van der Waals surface area (Å²) in [5, 5.41) is 9.84. The summed E-state index contributed by atoms with van der Waals surface area (Å²) in [4.78, 5) is 16.8. The van der Waals surface area contributed by atoms with Gasteiger partial charge in [-0.25, -0.2) is 0 Å². The van der Waals surface area contributed by atoms with Crippen LogP contribution >= 0.6 is 0 Å². The van der Waals surface area contributed by atoms with Crippen LogP contribution in [0.4, 0.5) is 0 Å². The SMILES string of the molecule is Cc1cccnc1CNC(=O)[C@@H]1CCCO[C@H]1c1ccn[nH]1. The second-order valence-corrected chi connectivity index (χ2v) is 5.54. The van der Waals surface area contributed by atoms with E-state index in [0.29, 0.717) is 13.2 Å². The fraction of sp³-hybridized carbons (Fsp3) is 0.438. The Morgan fingerprint density at radius 3 is 3.14 bits per heavy atom. The molecule has 0 saturated carbocycles. The van der Waals surface area contributed by atoms with Crippen LogP contribution in [0.25, 0.3) is 0 Å². The largest absolute Gasteiger partial charge is 0.371 e. The lowest BCUT2D eigenvalue weighted by molar-refractivity contribution is -0.135. The first-order valence-corrected chi connectivity index (χ1v) is 7.55. The molecule has 2 aromatic heterocycles. The molecule has 2 aromatic rings. The van der Waals surface area contributed by atoms with Gasteiger partial charge in [0.1, 0.15) is 6.10 Å². The average molecular weight is 300 g/mol. The number of carbonyl (C=O) groups is 1. The molecule has 2 atom stereocenters. The molecule has 0 aliphatic carbocycles. The third kappa shape index (κ3) is 3.17. The van der Waals surface area contributed by atoms with Gasteiger partial charge in [-0.2, -0.15) is 5.10 Å². The first-order chi connectivity index (χ1) is 10.8. The van der Waals surface area contributed by atoms with Crippen LogP contribution in [-0.4, -0.2) is 27.7 Å². The number of hydrogen-bond acceptors (Lipinski definition) is 4. The van der Waals surface area contributed by atoms with Crippen molar-refractivity contribution in [3.63, 3.8) is 0 Å². The fourth-order valence-corrected chi connectivity index (χ4v) is 2.79. The molecule has 0 radical (unpaired) electrons. The molecule has 0 aromatic carbocycles. The molecule has 6 heteroatoms. The van der Waals surface area contributed by atoms with Crippen molar-refractivity contribution in [3.05, 3.63) is 47.5 Å². The van der Waals surface area contributed by atoms with E-state index < -0.39 is 0 Å². The summed E-state index contributed by atoms with van der Waals surface area (Å²) in [6.45, 7) is 3.11. The number of aryl methyl sites for hydroxylation is 1. The Hall–Kier alpha value is -2.21. The van der Waals surface area contributed by atoms with Gasteiger partial charge in [-0.05, 0) is 37.5 Å². The smallest absolute Gasteiger partial charge is 0.226 e. The maximum Gasteiger partial charge on any atom is 0.226 e. The third-order valence-corrected chi connectivity index (χ3v) is 4.04. The van der Waals surface area contributed by atoms with Gasteiger partial charge in [-0.15, -0.1) is 0 Å². The molecule has 0 spiro atoms. The van der Waals surface area contributed by atoms with Crippen LogP contribution in [-0.2, 0) is 16.1 Å². The predicted octanol–water partition coefficient (Wildman–Crippen LogP) is 1.90. The van der Waals surface area contributed by atoms with E-state index in [0.717, 1.165) is 29.8 Å². The van der Waals surface area contributed by atoms with E-state index in [1.165, 1.54) is 0 Å². The second-order valence-electron chi connectivity index (χ2n) is 5.54. The molecule has 6 nitrogen and oxygen atoms in total. The zero-order chi connectivity index (χ0) is 15.4. The number of aromatic amines is 1. The maximum atomic E-state index is 12.5. The number of nitrogens with zero attached hydrogens (tertiary/aromatic N) is 2. The van der Waals surface area contributed by atoms with E-state index in [-0.39, 0.29) is 17.9 Å². The minimum absolute atomic E-state index is 0.00403. The molecule has 1 amide bonds. The van der Waals surface area contributed by atoms with Gasteiger partial charge >= 0.3 is 0 Å². The van der Waals surface area contributed by atoms with Crippen LogP contribution in [0.1, 0.15) is 35.9 Å². The van der Waals surface area contributed by atoms with E-state index in [4.69, 9.17) is 4.74 Å². The summed E-state index contributed by atoms with van der Waals surface area (Å²) in [5.74, 6) is -0.192. The molecule has 3 heterocycles. The topological polar surface area (TPSA) is 79.9 Å². The van der Waals surface area contributed by atoms with E-state index in [9.17, 15) is 4.79 Å². The number of hydrogen-bond donors (Lipinski definition) is 2. The van der Waals surface area contributed by atoms with E-state index >= 15 is 0 Å². The number of nitrogens with one attached hydrogen (secondary N) is 2. The Bertz CT molecular complexity index is 627. The van der Waals surface area contributed by atoms with Crippen LogP contribution in [0, 0.1) is 12.8 Å². The quantitative estimate of drug-likeness (QED) is 0.903. The predicted molar refractivity (Wildman–Crippen MR) is 80.8 cm³/mol. The summed E-state index contributed by atoms with van der Waals surface area (Å²) in [7, 11) is 0. The van der Waals surface area contributed by atoms with Crippen LogP contribution < -0.4 is 5.32 Å². The number of ether oxygens (including phenoxy) is 1. The number of aromatic nitrogens is 3. The van der Waals surface area contributed by atoms with Crippen LogP contribution in [0.3, 0.4) is 0 Å². The molecule has 0 bridgehead atoms. The summed E-state index contributed by atoms with van der Waals surface area (Å²) >= 11 is 0. The molecule has 1 aliphatic heterocycles. The van der Waals surface area contributed by atoms with Crippen molar-refractivity contribution < 1.29 is 9.53 Å². The van der Waals surface area contributed by atoms with E-state index in [2.05, 4.69) is 20.5 Å². The molecule has 1 saturated heterocycles. The molecule has 116 valence electrons. The Morgan fingerprint density at radius 1 is 1.45 bits per heavy atom. The van der Waals surface area contributed by atoms with E-state index in [1.54, 1.807) is 12.4 Å². The van der Waals surface area contributed by atoms with Crippen molar-refractivity contribution >= 4 is 5.91 Å². The van der Waals surface area contributed by atoms with Crippen molar-refractivity contribution in [1.29, 1.82) is 0 Å². The number of rotatable bonds is 4. The highest BCUT2D eigenvalue weighted by Crippen LogP contribution is 2.32. The van der Waals surface area contributed by atoms with Crippen LogP contribution in [0.15, 0.2) is 30.6 Å². The Balaban J connectivity index is 1.66. The molecular weight excluding hydrogens is 280 g/mol. The normalized spacial score (nSPS) is 21.5. The lowest BCUT2D eigenvalue weighted by Gasteiger charge is -2.30. The highest BCUT2D eigenvalue weighted by molar-refractivity contribution is 5.79. The number of H-pyrrole nitrogens is 1. The third-order valence-electron chi connectivity index (χ3n) is 4.04. The van der Waals surface area contributed by atoms with Crippen molar-refractivity contribution in [2.75, 3.05) is 6.61 Å². The van der Waals surface area contributed by atoms with Gasteiger partial charge in [0.25, 0.3) is 0 Å². The van der Waals surface area contributed by atoms with Gasteiger partial charge in [0.15, 0.2) is 0 Å². The van der Waals surface area contributed by atoms with Gasteiger partial charge in [-0.1, -0.05) is 6.07 Å². The van der Waals surface area contributed by atoms with Crippen molar-refractivity contribution in [2.24, 2.45) is 5.92 Å². The fourth-order valence-electron chi connectivity index (χ4n) is 2.79. The Morgan fingerprint density at radius 2 is 2.36 bits per heavy atom. The Labute approximate surface area is 129 Å². The first-order valence-electron chi connectivity index (χ1n) is 7.55. The number of carbonyl (C=O) groups excluding carboxylic acids is 1. The minimum Gasteiger partial charge on any atom is -0.371 e. The second kappa shape index (κ2) is 6.70. The molecular formula is C16H20N4O2. The summed E-state index contributed by atoms with van der Waals surface area (Å²) in [6, 6.07) is 5.74. The number of pyridine rings is 1. The van der Waals surface area contributed by atoms with Gasteiger partial charge < -0.3 is 10.1 Å². The lowest BCUT2D eigenvalue weighted by Crippen LogP contribution is -2.37. The van der Waals surface area contributed by atoms with Gasteiger partial charge in [-0.3, -0.25) is 14.9 Å². The molecule has 1 fully saturated rings. The highest BCUT2D eigenvalue weighted by Gasteiger charge is 2.33. The lowest BCUT2D eigenvalue weighted by atomic mass is 9.91. The average Bonchev–Trinajstić information content (AvgIpc) is 3.08. The Kier molecular flexibility index (Phi) is 4.48. The van der Waals surface area contributed by atoms with Crippen molar-refractivity contribution in [3.8, 4) is 0 Å². The first kappa shape index (κ1) is 14.7. The molecule has 2 N–H and O–H groups in total. The van der Waals surface area contributed by atoms with Crippen molar-refractivity contribution in [1.82, 2.24) is 20.5 Å².